The number of imidazole rings is 1. The van der Waals surface area contributed by atoms with Gasteiger partial charge in [-0.25, -0.2) is 4.98 Å². The standard InChI is InChI=1S/C4H4Cl2N2.Zr/c5-3(6)4-7-1-2-8-4;/h1-3H,(H,7,8);. The number of aromatic amines is 1. The van der Waals surface area contributed by atoms with Gasteiger partial charge in [-0.1, -0.05) is 23.2 Å². The van der Waals surface area contributed by atoms with E-state index in [9.17, 15) is 0 Å². The summed E-state index contributed by atoms with van der Waals surface area (Å²) in [6.45, 7) is 0. The van der Waals surface area contributed by atoms with E-state index in [2.05, 4.69) is 9.97 Å². The average molecular weight is 242 g/mol. The summed E-state index contributed by atoms with van der Waals surface area (Å²) in [5, 5.41) is 0. The van der Waals surface area contributed by atoms with Gasteiger partial charge in [-0.15, -0.1) is 0 Å². The van der Waals surface area contributed by atoms with Crippen molar-refractivity contribution in [3.05, 3.63) is 18.2 Å². The molecule has 0 saturated heterocycles. The van der Waals surface area contributed by atoms with Crippen LogP contribution < -0.4 is 0 Å². The molecule has 0 aliphatic heterocycles. The number of halogens is 2. The predicted octanol–water partition coefficient (Wildman–Crippen LogP) is 1.88. The predicted molar refractivity (Wildman–Crippen MR) is 33.0 cm³/mol. The average Bonchev–Trinajstić information content (AvgIpc) is 2.12. The smallest absolute Gasteiger partial charge is 0.165 e. The number of nitrogens with one attached hydrogen (secondary N) is 1. The van der Waals surface area contributed by atoms with Gasteiger partial charge in [0.05, 0.1) is 0 Å². The fourth-order valence-electron chi connectivity index (χ4n) is 0.397. The molecule has 2 nitrogen and oxygen atoms in total. The van der Waals surface area contributed by atoms with E-state index in [4.69, 9.17) is 23.2 Å². The normalized spacial score (nSPS) is 9.22. The van der Waals surface area contributed by atoms with Gasteiger partial charge in [0.2, 0.25) is 0 Å². The first-order chi connectivity index (χ1) is 3.80. The van der Waals surface area contributed by atoms with Crippen LogP contribution in [0.2, 0.25) is 0 Å². The zero-order valence-corrected chi connectivity index (χ0v) is 8.41. The van der Waals surface area contributed by atoms with E-state index in [0.717, 1.165) is 0 Å². The number of H-pyrrole nitrogens is 1. The van der Waals surface area contributed by atoms with Gasteiger partial charge in [-0.2, -0.15) is 0 Å². The van der Waals surface area contributed by atoms with E-state index in [0.29, 0.717) is 5.82 Å². The van der Waals surface area contributed by atoms with Crippen molar-refractivity contribution in [1.82, 2.24) is 9.97 Å². The monoisotopic (exact) mass is 240 g/mol. The second-order valence-electron chi connectivity index (χ2n) is 1.28. The van der Waals surface area contributed by atoms with E-state index in [1.807, 2.05) is 0 Å². The van der Waals surface area contributed by atoms with Crippen LogP contribution in [0.25, 0.3) is 0 Å². The van der Waals surface area contributed by atoms with E-state index >= 15 is 0 Å². The van der Waals surface area contributed by atoms with Crippen molar-refractivity contribution in [3.63, 3.8) is 0 Å². The van der Waals surface area contributed by atoms with Crippen LogP contribution in [0.4, 0.5) is 0 Å². The van der Waals surface area contributed by atoms with Crippen molar-refractivity contribution >= 4 is 23.2 Å². The van der Waals surface area contributed by atoms with Crippen molar-refractivity contribution < 1.29 is 26.2 Å². The molecule has 0 aliphatic rings. The molecule has 0 radical (unpaired) electrons. The van der Waals surface area contributed by atoms with E-state index in [1.54, 1.807) is 12.4 Å². The molecule has 1 rings (SSSR count). The van der Waals surface area contributed by atoms with E-state index < -0.39 is 4.84 Å². The third kappa shape index (κ3) is 2.83. The second kappa shape index (κ2) is 4.48. The van der Waals surface area contributed by atoms with Crippen LogP contribution in [0.5, 0.6) is 0 Å². The minimum Gasteiger partial charge on any atom is -0.346 e. The molecular formula is C4H4Cl2N2Zr. The largest absolute Gasteiger partial charge is 0.346 e. The van der Waals surface area contributed by atoms with Crippen molar-refractivity contribution in [1.29, 1.82) is 0 Å². The Bertz CT molecular complexity index is 152. The molecule has 1 heterocycles. The number of alkyl halides is 2. The maximum Gasteiger partial charge on any atom is 0.165 e. The number of rotatable bonds is 1. The molecule has 0 spiro atoms. The Kier molecular flexibility index (Phi) is 4.82. The summed E-state index contributed by atoms with van der Waals surface area (Å²) in [5.41, 5.74) is 0. The van der Waals surface area contributed by atoms with Crippen molar-refractivity contribution in [2.75, 3.05) is 0 Å². The topological polar surface area (TPSA) is 28.7 Å². The van der Waals surface area contributed by atoms with Gasteiger partial charge in [-0.05, 0) is 0 Å². The van der Waals surface area contributed by atoms with Gasteiger partial charge < -0.3 is 4.98 Å². The third-order valence-electron chi connectivity index (χ3n) is 0.726. The summed E-state index contributed by atoms with van der Waals surface area (Å²) in [4.78, 5) is 6.02. The Morgan fingerprint density at radius 3 is 2.44 bits per heavy atom. The van der Waals surface area contributed by atoms with Crippen LogP contribution >= 0.6 is 23.2 Å². The molecule has 1 N–H and O–H groups in total. The third-order valence-corrected chi connectivity index (χ3v) is 1.14. The number of hydrogen-bond acceptors (Lipinski definition) is 1. The van der Waals surface area contributed by atoms with E-state index in [-0.39, 0.29) is 26.2 Å². The maximum atomic E-state index is 5.42. The first kappa shape index (κ1) is 9.67. The fourth-order valence-corrected chi connectivity index (χ4v) is 0.635. The summed E-state index contributed by atoms with van der Waals surface area (Å²) in [7, 11) is 0. The van der Waals surface area contributed by atoms with Crippen molar-refractivity contribution in [2.45, 2.75) is 4.84 Å². The Morgan fingerprint density at radius 2 is 2.22 bits per heavy atom. The van der Waals surface area contributed by atoms with Gasteiger partial charge in [0.15, 0.2) is 4.84 Å². The van der Waals surface area contributed by atoms with Crippen LogP contribution in [0.3, 0.4) is 0 Å². The van der Waals surface area contributed by atoms with Gasteiger partial charge in [0.25, 0.3) is 0 Å². The molecule has 1 aromatic rings. The molecule has 0 saturated carbocycles. The quantitative estimate of drug-likeness (QED) is 0.748. The minimum absolute atomic E-state index is 0. The number of hydrogen-bond donors (Lipinski definition) is 1. The molecule has 0 bridgehead atoms. The summed E-state index contributed by atoms with van der Waals surface area (Å²) >= 11 is 10.8. The summed E-state index contributed by atoms with van der Waals surface area (Å²) < 4.78 is 0. The van der Waals surface area contributed by atoms with Crippen LogP contribution in [-0.2, 0) is 26.2 Å². The Balaban J connectivity index is 0.000000640. The fraction of sp³-hybridized carbons (Fsp3) is 0.250. The zero-order valence-electron chi connectivity index (χ0n) is 4.44. The van der Waals surface area contributed by atoms with Crippen LogP contribution in [0, 0.1) is 0 Å². The van der Waals surface area contributed by atoms with Crippen molar-refractivity contribution in [3.8, 4) is 0 Å². The van der Waals surface area contributed by atoms with Gasteiger partial charge in [-0.3, -0.25) is 0 Å². The van der Waals surface area contributed by atoms with E-state index in [1.165, 1.54) is 0 Å². The molecule has 0 fully saturated rings. The molecule has 0 amide bonds. The van der Waals surface area contributed by atoms with Crippen LogP contribution in [0.1, 0.15) is 10.7 Å². The van der Waals surface area contributed by atoms with Gasteiger partial charge in [0, 0.05) is 38.6 Å². The molecule has 1 aromatic heterocycles. The molecule has 48 valence electrons. The summed E-state index contributed by atoms with van der Waals surface area (Å²) in [5.74, 6) is 0.591. The Labute approximate surface area is 82.1 Å². The second-order valence-corrected chi connectivity index (χ2v) is 2.37. The first-order valence-electron chi connectivity index (χ1n) is 2.08. The molecule has 0 aliphatic carbocycles. The SMILES string of the molecule is ClC(Cl)c1ncc[nH]1.[Zr]. The molecule has 5 heteroatoms. The van der Waals surface area contributed by atoms with Crippen molar-refractivity contribution in [2.24, 2.45) is 0 Å². The molecule has 0 aromatic carbocycles. The summed E-state index contributed by atoms with van der Waals surface area (Å²) in [6.07, 6.45) is 3.28. The summed E-state index contributed by atoms with van der Waals surface area (Å²) in [6, 6.07) is 0. The first-order valence-corrected chi connectivity index (χ1v) is 2.95. The number of aromatic nitrogens is 2. The van der Waals surface area contributed by atoms with Crippen LogP contribution in [-0.4, -0.2) is 9.97 Å². The molecule has 9 heavy (non-hydrogen) atoms. The maximum absolute atomic E-state index is 5.42. The van der Waals surface area contributed by atoms with Gasteiger partial charge in [0.1, 0.15) is 5.82 Å². The number of nitrogens with zero attached hydrogens (tertiary/aromatic N) is 1. The molecular weight excluding hydrogens is 238 g/mol. The van der Waals surface area contributed by atoms with Crippen LogP contribution in [0.15, 0.2) is 12.4 Å². The van der Waals surface area contributed by atoms with Gasteiger partial charge >= 0.3 is 0 Å². The molecule has 0 unspecified atom stereocenters. The Morgan fingerprint density at radius 1 is 1.56 bits per heavy atom. The Hall–Kier alpha value is 0.673. The zero-order chi connectivity index (χ0) is 5.98. The minimum atomic E-state index is -0.537. The molecule has 0 atom stereocenters.